The molecule has 0 saturated heterocycles. The van der Waals surface area contributed by atoms with Crippen molar-refractivity contribution in [2.24, 2.45) is 0 Å². The maximum Gasteiger partial charge on any atom is 0.137 e. The van der Waals surface area contributed by atoms with E-state index in [4.69, 9.17) is 4.42 Å². The summed E-state index contributed by atoms with van der Waals surface area (Å²) >= 11 is 1.88. The zero-order valence-corrected chi connectivity index (χ0v) is 30.6. The van der Waals surface area contributed by atoms with E-state index in [1.54, 1.807) is 0 Å². The highest BCUT2D eigenvalue weighted by Gasteiger charge is 2.22. The molecule has 11 aromatic rings. The highest BCUT2D eigenvalue weighted by molar-refractivity contribution is 7.27. The maximum absolute atomic E-state index is 6.50. The quantitative estimate of drug-likeness (QED) is 0.170. The summed E-state index contributed by atoms with van der Waals surface area (Å²) in [5.74, 6) is 0. The van der Waals surface area contributed by atoms with Crippen LogP contribution >= 0.6 is 11.3 Å². The van der Waals surface area contributed by atoms with Crippen LogP contribution in [-0.4, -0.2) is 0 Å². The van der Waals surface area contributed by atoms with Crippen LogP contribution in [0.15, 0.2) is 205 Å². The first-order valence-electron chi connectivity index (χ1n) is 18.7. The summed E-state index contributed by atoms with van der Waals surface area (Å²) < 4.78 is 9.03. The van der Waals surface area contributed by atoms with Gasteiger partial charge < -0.3 is 9.32 Å². The van der Waals surface area contributed by atoms with E-state index in [2.05, 4.69) is 193 Å². The Bertz CT molecular complexity index is 3190. The zero-order valence-electron chi connectivity index (χ0n) is 29.8. The fourth-order valence-electron chi connectivity index (χ4n) is 8.24. The average molecular weight is 720 g/mol. The molecule has 3 heteroatoms. The zero-order chi connectivity index (χ0) is 36.3. The van der Waals surface area contributed by atoms with E-state index in [1.807, 2.05) is 23.5 Å². The molecule has 9 aromatic carbocycles. The van der Waals surface area contributed by atoms with Crippen LogP contribution in [0.2, 0.25) is 0 Å². The number of para-hydroxylation sites is 1. The molecule has 0 aliphatic heterocycles. The summed E-state index contributed by atoms with van der Waals surface area (Å²) in [5.41, 5.74) is 12.3. The lowest BCUT2D eigenvalue weighted by molar-refractivity contribution is 0.669. The molecule has 0 N–H and O–H groups in total. The molecule has 0 fully saturated rings. The smallest absolute Gasteiger partial charge is 0.137 e. The Morgan fingerprint density at radius 2 is 0.964 bits per heavy atom. The van der Waals surface area contributed by atoms with Crippen LogP contribution in [0.5, 0.6) is 0 Å². The van der Waals surface area contributed by atoms with Crippen LogP contribution in [0.25, 0.3) is 86.3 Å². The minimum Gasteiger partial charge on any atom is -0.456 e. The lowest BCUT2D eigenvalue weighted by Crippen LogP contribution is -2.10. The predicted octanol–water partition coefficient (Wildman–Crippen LogP) is 15.6. The standard InChI is InChI=1S/C52H33NOS/c1-3-13-34(14-4-1)38-31-47-46-23-12-22-43(36-15-5-2-6-16-36)51(46)55-52(47)48(32-38)53(40-29-30-45-44-20-9-10-24-49(44)54-50(45)33-40)39-27-25-37(26-28-39)42-21-11-18-35-17-7-8-19-41(35)42/h1-33H. The first kappa shape index (κ1) is 31.6. The van der Waals surface area contributed by atoms with Gasteiger partial charge in [-0.25, -0.2) is 0 Å². The van der Waals surface area contributed by atoms with Crippen molar-refractivity contribution in [1.29, 1.82) is 0 Å². The number of rotatable bonds is 6. The monoisotopic (exact) mass is 719 g/mol. The Morgan fingerprint density at radius 3 is 1.80 bits per heavy atom. The van der Waals surface area contributed by atoms with Gasteiger partial charge in [0.15, 0.2) is 0 Å². The lowest BCUT2D eigenvalue weighted by atomic mass is 9.97. The third-order valence-electron chi connectivity index (χ3n) is 10.9. The molecule has 0 radical (unpaired) electrons. The molecule has 2 aromatic heterocycles. The molecule has 0 atom stereocenters. The van der Waals surface area contributed by atoms with Gasteiger partial charge in [-0.3, -0.25) is 0 Å². The fraction of sp³-hybridized carbons (Fsp3) is 0. The van der Waals surface area contributed by atoms with Gasteiger partial charge in [0.1, 0.15) is 11.2 Å². The minimum atomic E-state index is 0.870. The number of thiophene rings is 1. The molecule has 0 amide bonds. The van der Waals surface area contributed by atoms with Gasteiger partial charge >= 0.3 is 0 Å². The SMILES string of the molecule is c1ccc(-c2cc(N(c3ccc(-c4cccc5ccccc45)cc3)c3ccc4c(c3)oc3ccccc34)c3sc4c(-c5ccccc5)cccc4c3c2)cc1. The van der Waals surface area contributed by atoms with E-state index in [9.17, 15) is 0 Å². The summed E-state index contributed by atoms with van der Waals surface area (Å²) in [6.45, 7) is 0. The predicted molar refractivity (Wildman–Crippen MR) is 235 cm³/mol. The maximum atomic E-state index is 6.50. The number of hydrogen-bond acceptors (Lipinski definition) is 3. The van der Waals surface area contributed by atoms with E-state index in [0.717, 1.165) is 39.0 Å². The van der Waals surface area contributed by atoms with Crippen molar-refractivity contribution in [2.45, 2.75) is 0 Å². The second kappa shape index (κ2) is 12.9. The largest absolute Gasteiger partial charge is 0.456 e. The van der Waals surface area contributed by atoms with E-state index >= 15 is 0 Å². The second-order valence-electron chi connectivity index (χ2n) is 14.1. The average Bonchev–Trinajstić information content (AvgIpc) is 3.83. The highest BCUT2D eigenvalue weighted by atomic mass is 32.1. The summed E-state index contributed by atoms with van der Waals surface area (Å²) in [6, 6.07) is 72.2. The highest BCUT2D eigenvalue weighted by Crippen LogP contribution is 2.49. The van der Waals surface area contributed by atoms with Crippen LogP contribution in [-0.2, 0) is 0 Å². The van der Waals surface area contributed by atoms with Gasteiger partial charge in [-0.2, -0.15) is 0 Å². The first-order valence-corrected chi connectivity index (χ1v) is 19.5. The fourth-order valence-corrected chi connectivity index (χ4v) is 9.56. The molecule has 0 aliphatic carbocycles. The topological polar surface area (TPSA) is 16.4 Å². The molecule has 0 bridgehead atoms. The van der Waals surface area contributed by atoms with Crippen molar-refractivity contribution in [2.75, 3.05) is 4.90 Å². The number of anilines is 3. The summed E-state index contributed by atoms with van der Waals surface area (Å²) in [4.78, 5) is 2.42. The first-order chi connectivity index (χ1) is 27.3. The Hall–Kier alpha value is -6.94. The number of benzene rings is 9. The lowest BCUT2D eigenvalue weighted by Gasteiger charge is -2.27. The molecular weight excluding hydrogens is 687 g/mol. The number of hydrogen-bond donors (Lipinski definition) is 0. The number of furan rings is 1. The molecule has 11 rings (SSSR count). The van der Waals surface area contributed by atoms with E-state index in [1.165, 1.54) is 64.3 Å². The van der Waals surface area contributed by atoms with E-state index in [0.29, 0.717) is 0 Å². The van der Waals surface area contributed by atoms with Crippen molar-refractivity contribution in [1.82, 2.24) is 0 Å². The third-order valence-corrected chi connectivity index (χ3v) is 12.1. The van der Waals surface area contributed by atoms with Crippen molar-refractivity contribution < 1.29 is 4.42 Å². The van der Waals surface area contributed by atoms with Gasteiger partial charge in [-0.1, -0.05) is 152 Å². The van der Waals surface area contributed by atoms with Crippen LogP contribution < -0.4 is 4.90 Å². The van der Waals surface area contributed by atoms with Crippen LogP contribution in [0, 0.1) is 0 Å². The Morgan fingerprint density at radius 1 is 0.345 bits per heavy atom. The van der Waals surface area contributed by atoms with Crippen molar-refractivity contribution >= 4 is 81.3 Å². The van der Waals surface area contributed by atoms with Gasteiger partial charge in [0.05, 0.1) is 10.4 Å². The minimum absolute atomic E-state index is 0.870. The number of fused-ring (bicyclic) bond motifs is 7. The molecule has 0 saturated carbocycles. The van der Waals surface area contributed by atoms with Crippen molar-refractivity contribution in [3.8, 4) is 33.4 Å². The second-order valence-corrected chi connectivity index (χ2v) is 15.1. The molecule has 0 unspecified atom stereocenters. The molecule has 55 heavy (non-hydrogen) atoms. The van der Waals surface area contributed by atoms with Gasteiger partial charge in [0.2, 0.25) is 0 Å². The van der Waals surface area contributed by atoms with Gasteiger partial charge in [0, 0.05) is 43.7 Å². The molecule has 258 valence electrons. The normalized spacial score (nSPS) is 11.6. The third kappa shape index (κ3) is 5.32. The van der Waals surface area contributed by atoms with E-state index in [-0.39, 0.29) is 0 Å². The molecule has 2 nitrogen and oxygen atoms in total. The summed E-state index contributed by atoms with van der Waals surface area (Å²) in [6.07, 6.45) is 0. The molecule has 0 spiro atoms. The van der Waals surface area contributed by atoms with E-state index < -0.39 is 0 Å². The van der Waals surface area contributed by atoms with Gasteiger partial charge in [-0.05, 0) is 86.6 Å². The number of nitrogens with zero attached hydrogens (tertiary/aromatic N) is 1. The van der Waals surface area contributed by atoms with Crippen molar-refractivity contribution in [3.05, 3.63) is 200 Å². The Labute approximate surface area is 322 Å². The summed E-state index contributed by atoms with van der Waals surface area (Å²) in [5, 5.41) is 7.24. The van der Waals surface area contributed by atoms with Gasteiger partial charge in [0.25, 0.3) is 0 Å². The van der Waals surface area contributed by atoms with Crippen molar-refractivity contribution in [3.63, 3.8) is 0 Å². The van der Waals surface area contributed by atoms with Crippen LogP contribution in [0.4, 0.5) is 17.1 Å². The Kier molecular flexibility index (Phi) is 7.39. The van der Waals surface area contributed by atoms with Crippen LogP contribution in [0.1, 0.15) is 0 Å². The Balaban J connectivity index is 1.18. The molecule has 2 heterocycles. The molecular formula is C52H33NOS. The van der Waals surface area contributed by atoms with Crippen LogP contribution in [0.3, 0.4) is 0 Å². The molecule has 0 aliphatic rings. The summed E-state index contributed by atoms with van der Waals surface area (Å²) in [7, 11) is 0. The van der Waals surface area contributed by atoms with Gasteiger partial charge in [-0.15, -0.1) is 11.3 Å².